The SMILES string of the molecule is CCOc1cc(Oc2cccc(Br)n2)ccc1F. The highest BCUT2D eigenvalue weighted by atomic mass is 79.9. The average Bonchev–Trinajstić information content (AvgIpc) is 2.34. The van der Waals surface area contributed by atoms with Crippen LogP contribution < -0.4 is 9.47 Å². The quantitative estimate of drug-likeness (QED) is 0.794. The summed E-state index contributed by atoms with van der Waals surface area (Å²) in [4.78, 5) is 4.13. The molecule has 0 fully saturated rings. The van der Waals surface area contributed by atoms with Crippen LogP contribution in [0.1, 0.15) is 6.92 Å². The van der Waals surface area contributed by atoms with E-state index in [1.165, 1.54) is 18.2 Å². The van der Waals surface area contributed by atoms with Gasteiger partial charge in [-0.05, 0) is 41.1 Å². The summed E-state index contributed by atoms with van der Waals surface area (Å²) in [6.07, 6.45) is 0. The van der Waals surface area contributed by atoms with E-state index in [4.69, 9.17) is 9.47 Å². The summed E-state index contributed by atoms with van der Waals surface area (Å²) in [5.74, 6) is 0.667. The lowest BCUT2D eigenvalue weighted by Crippen LogP contribution is -1.95. The van der Waals surface area contributed by atoms with Gasteiger partial charge in [0.05, 0.1) is 6.61 Å². The van der Waals surface area contributed by atoms with Crippen molar-refractivity contribution in [2.45, 2.75) is 6.92 Å². The first-order valence-corrected chi connectivity index (χ1v) is 6.21. The van der Waals surface area contributed by atoms with Crippen molar-refractivity contribution in [1.29, 1.82) is 0 Å². The van der Waals surface area contributed by atoms with Crippen LogP contribution in [0.2, 0.25) is 0 Å². The Balaban J connectivity index is 2.21. The van der Waals surface area contributed by atoms with Gasteiger partial charge in [0.25, 0.3) is 0 Å². The minimum atomic E-state index is -0.411. The van der Waals surface area contributed by atoms with Crippen LogP contribution in [-0.4, -0.2) is 11.6 Å². The third-order valence-electron chi connectivity index (χ3n) is 2.11. The van der Waals surface area contributed by atoms with Crippen LogP contribution in [0.5, 0.6) is 17.4 Å². The fourth-order valence-electron chi connectivity index (χ4n) is 1.38. The first kappa shape index (κ1) is 12.8. The Kier molecular flexibility index (Phi) is 4.15. The highest BCUT2D eigenvalue weighted by Gasteiger charge is 2.06. The molecule has 0 bridgehead atoms. The number of aromatic nitrogens is 1. The van der Waals surface area contributed by atoms with Crippen molar-refractivity contribution >= 4 is 15.9 Å². The zero-order valence-corrected chi connectivity index (χ0v) is 11.3. The first-order valence-electron chi connectivity index (χ1n) is 5.42. The minimum absolute atomic E-state index is 0.171. The summed E-state index contributed by atoms with van der Waals surface area (Å²) in [6, 6.07) is 9.65. The second-order valence-corrected chi connectivity index (χ2v) is 4.24. The topological polar surface area (TPSA) is 31.4 Å². The standard InChI is InChI=1S/C13H11BrFNO2/c1-2-17-11-8-9(6-7-10(11)15)18-13-5-3-4-12(14)16-13/h3-8H,2H2,1H3. The van der Waals surface area contributed by atoms with Gasteiger partial charge in [-0.25, -0.2) is 9.37 Å². The van der Waals surface area contributed by atoms with Crippen LogP contribution in [0.3, 0.4) is 0 Å². The maximum atomic E-state index is 13.4. The van der Waals surface area contributed by atoms with Gasteiger partial charge in [0.15, 0.2) is 11.6 Å². The van der Waals surface area contributed by atoms with E-state index < -0.39 is 5.82 Å². The monoisotopic (exact) mass is 311 g/mol. The highest BCUT2D eigenvalue weighted by molar-refractivity contribution is 9.10. The summed E-state index contributed by atoms with van der Waals surface area (Å²) in [5, 5.41) is 0. The van der Waals surface area contributed by atoms with Crippen LogP contribution in [0.25, 0.3) is 0 Å². The van der Waals surface area contributed by atoms with Gasteiger partial charge in [0.1, 0.15) is 10.4 Å². The van der Waals surface area contributed by atoms with E-state index in [1.807, 2.05) is 0 Å². The number of hydrogen-bond donors (Lipinski definition) is 0. The number of rotatable bonds is 4. The van der Waals surface area contributed by atoms with Crippen molar-refractivity contribution in [3.63, 3.8) is 0 Å². The normalized spacial score (nSPS) is 10.2. The molecule has 0 aliphatic heterocycles. The Labute approximate surface area is 113 Å². The van der Waals surface area contributed by atoms with Crippen molar-refractivity contribution in [3.05, 3.63) is 46.8 Å². The van der Waals surface area contributed by atoms with Gasteiger partial charge in [-0.3, -0.25) is 0 Å². The molecule has 0 atom stereocenters. The van der Waals surface area contributed by atoms with E-state index in [9.17, 15) is 4.39 Å². The molecular weight excluding hydrogens is 301 g/mol. The molecule has 0 amide bonds. The molecule has 18 heavy (non-hydrogen) atoms. The van der Waals surface area contributed by atoms with Crippen LogP contribution in [0, 0.1) is 5.82 Å². The Hall–Kier alpha value is -1.62. The summed E-state index contributed by atoms with van der Waals surface area (Å²) in [5.41, 5.74) is 0. The second-order valence-electron chi connectivity index (χ2n) is 3.43. The smallest absolute Gasteiger partial charge is 0.220 e. The van der Waals surface area contributed by atoms with Gasteiger partial charge < -0.3 is 9.47 Å². The molecule has 0 saturated heterocycles. The second kappa shape index (κ2) is 5.82. The van der Waals surface area contributed by atoms with E-state index in [2.05, 4.69) is 20.9 Å². The molecule has 5 heteroatoms. The molecule has 0 aliphatic carbocycles. The van der Waals surface area contributed by atoms with Crippen molar-refractivity contribution in [2.24, 2.45) is 0 Å². The summed E-state index contributed by atoms with van der Waals surface area (Å²) >= 11 is 3.25. The Morgan fingerprint density at radius 2 is 2.11 bits per heavy atom. The number of ether oxygens (including phenoxy) is 2. The van der Waals surface area contributed by atoms with Gasteiger partial charge in [0.2, 0.25) is 5.88 Å². The van der Waals surface area contributed by atoms with Crippen LogP contribution in [0.15, 0.2) is 41.0 Å². The summed E-state index contributed by atoms with van der Waals surface area (Å²) < 4.78 is 24.7. The van der Waals surface area contributed by atoms with Gasteiger partial charge in [-0.15, -0.1) is 0 Å². The molecule has 0 N–H and O–H groups in total. The van der Waals surface area contributed by atoms with Crippen LogP contribution >= 0.6 is 15.9 Å². The van der Waals surface area contributed by atoms with E-state index in [-0.39, 0.29) is 5.75 Å². The van der Waals surface area contributed by atoms with Crippen molar-refractivity contribution < 1.29 is 13.9 Å². The predicted molar refractivity (Wildman–Crippen MR) is 69.6 cm³/mol. The lowest BCUT2D eigenvalue weighted by molar-refractivity contribution is 0.319. The van der Waals surface area contributed by atoms with Crippen LogP contribution in [0.4, 0.5) is 4.39 Å². The number of halogens is 2. The lowest BCUT2D eigenvalue weighted by atomic mass is 10.3. The number of pyridine rings is 1. The largest absolute Gasteiger partial charge is 0.491 e. The number of nitrogens with zero attached hydrogens (tertiary/aromatic N) is 1. The van der Waals surface area contributed by atoms with Gasteiger partial charge >= 0.3 is 0 Å². The van der Waals surface area contributed by atoms with E-state index >= 15 is 0 Å². The molecule has 2 rings (SSSR count). The van der Waals surface area contributed by atoms with Gasteiger partial charge in [-0.2, -0.15) is 0 Å². The number of benzene rings is 1. The zero-order chi connectivity index (χ0) is 13.0. The van der Waals surface area contributed by atoms with E-state index in [0.717, 1.165) is 0 Å². The highest BCUT2D eigenvalue weighted by Crippen LogP contribution is 2.27. The molecule has 0 aliphatic rings. The Morgan fingerprint density at radius 1 is 1.28 bits per heavy atom. The molecular formula is C13H11BrFNO2. The summed E-state index contributed by atoms with van der Waals surface area (Å²) in [6.45, 7) is 2.19. The minimum Gasteiger partial charge on any atom is -0.491 e. The fourth-order valence-corrected chi connectivity index (χ4v) is 1.71. The molecule has 3 nitrogen and oxygen atoms in total. The Morgan fingerprint density at radius 3 is 2.83 bits per heavy atom. The molecule has 1 heterocycles. The molecule has 0 unspecified atom stereocenters. The molecule has 94 valence electrons. The molecule has 1 aromatic carbocycles. The van der Waals surface area contributed by atoms with Crippen molar-refractivity contribution in [3.8, 4) is 17.4 Å². The maximum Gasteiger partial charge on any atom is 0.220 e. The maximum absolute atomic E-state index is 13.4. The Bertz CT molecular complexity index is 548. The summed E-state index contributed by atoms with van der Waals surface area (Å²) in [7, 11) is 0. The molecule has 0 spiro atoms. The van der Waals surface area contributed by atoms with Crippen molar-refractivity contribution in [1.82, 2.24) is 4.98 Å². The zero-order valence-electron chi connectivity index (χ0n) is 9.69. The molecule has 0 radical (unpaired) electrons. The first-order chi connectivity index (χ1) is 8.69. The van der Waals surface area contributed by atoms with Gasteiger partial charge in [-0.1, -0.05) is 6.07 Å². The molecule has 0 saturated carbocycles. The van der Waals surface area contributed by atoms with Crippen LogP contribution in [-0.2, 0) is 0 Å². The third-order valence-corrected chi connectivity index (χ3v) is 2.56. The third kappa shape index (κ3) is 3.20. The fraction of sp³-hybridized carbons (Fsp3) is 0.154. The molecule has 1 aromatic heterocycles. The number of hydrogen-bond acceptors (Lipinski definition) is 3. The van der Waals surface area contributed by atoms with Crippen molar-refractivity contribution in [2.75, 3.05) is 6.61 Å². The average molecular weight is 312 g/mol. The lowest BCUT2D eigenvalue weighted by Gasteiger charge is -2.08. The van der Waals surface area contributed by atoms with E-state index in [0.29, 0.717) is 22.8 Å². The van der Waals surface area contributed by atoms with E-state index in [1.54, 1.807) is 25.1 Å². The predicted octanol–water partition coefficient (Wildman–Crippen LogP) is 4.17. The van der Waals surface area contributed by atoms with Gasteiger partial charge in [0, 0.05) is 12.1 Å². The molecule has 2 aromatic rings.